The lowest BCUT2D eigenvalue weighted by Crippen LogP contribution is -2.52. The Labute approximate surface area is 171 Å². The third-order valence-corrected chi connectivity index (χ3v) is 6.64. The minimum absolute atomic E-state index is 0.00908. The monoisotopic (exact) mass is 413 g/mol. The van der Waals surface area contributed by atoms with E-state index in [2.05, 4.69) is 5.32 Å². The van der Waals surface area contributed by atoms with Crippen LogP contribution in [0.15, 0.2) is 35.3 Å². The lowest BCUT2D eigenvalue weighted by atomic mass is 9.95. The molecule has 5 rings (SSSR count). The highest BCUT2D eigenvalue weighted by molar-refractivity contribution is 6.30. The van der Waals surface area contributed by atoms with Gasteiger partial charge in [-0.05, 0) is 42.9 Å². The van der Waals surface area contributed by atoms with Crippen LogP contribution < -0.4 is 10.7 Å². The Kier molecular flexibility index (Phi) is 4.17. The van der Waals surface area contributed by atoms with Gasteiger partial charge >= 0.3 is 0 Å². The van der Waals surface area contributed by atoms with Gasteiger partial charge in [0.2, 0.25) is 5.43 Å². The Morgan fingerprint density at radius 2 is 2.10 bits per heavy atom. The summed E-state index contributed by atoms with van der Waals surface area (Å²) in [6, 6.07) is 7.31. The van der Waals surface area contributed by atoms with E-state index in [4.69, 9.17) is 11.6 Å². The Hall–Kier alpha value is -2.80. The maximum absolute atomic E-state index is 13.0. The number of hydrogen-bond donors (Lipinski definition) is 2. The van der Waals surface area contributed by atoms with Crippen molar-refractivity contribution in [2.75, 3.05) is 0 Å². The van der Waals surface area contributed by atoms with Crippen molar-refractivity contribution in [1.29, 1.82) is 0 Å². The first-order valence-electron chi connectivity index (χ1n) is 9.75. The summed E-state index contributed by atoms with van der Waals surface area (Å²) in [5.74, 6) is -1.11. The third-order valence-electron chi connectivity index (χ3n) is 6.40. The second-order valence-electron chi connectivity index (χ2n) is 8.04. The molecule has 1 saturated carbocycles. The van der Waals surface area contributed by atoms with Crippen LogP contribution in [-0.4, -0.2) is 38.5 Å². The predicted octanol–water partition coefficient (Wildman–Crippen LogP) is 2.14. The molecule has 2 aromatic rings. The molecular formula is C21H20ClN3O4. The minimum atomic E-state index is -0.823. The first kappa shape index (κ1) is 18.2. The largest absolute Gasteiger partial charge is 0.503 e. The van der Waals surface area contributed by atoms with Crippen LogP contribution in [-0.2, 0) is 13.1 Å². The molecule has 0 radical (unpaired) electrons. The summed E-state index contributed by atoms with van der Waals surface area (Å²) in [4.78, 5) is 40.1. The van der Waals surface area contributed by atoms with Crippen LogP contribution in [0.2, 0.25) is 5.02 Å². The molecule has 2 aliphatic heterocycles. The van der Waals surface area contributed by atoms with Gasteiger partial charge in [0.25, 0.3) is 11.8 Å². The van der Waals surface area contributed by atoms with Gasteiger partial charge in [-0.25, -0.2) is 0 Å². The number of carbonyl (C=O) groups is 2. The average Bonchev–Trinajstić information content (AvgIpc) is 3.31. The molecule has 150 valence electrons. The topological polar surface area (TPSA) is 91.6 Å². The molecule has 0 unspecified atom stereocenters. The van der Waals surface area contributed by atoms with Gasteiger partial charge in [-0.1, -0.05) is 23.7 Å². The van der Waals surface area contributed by atoms with Gasteiger partial charge in [0, 0.05) is 30.4 Å². The van der Waals surface area contributed by atoms with Crippen molar-refractivity contribution in [2.24, 2.45) is 5.92 Å². The molecule has 8 heteroatoms. The van der Waals surface area contributed by atoms with Crippen LogP contribution in [0.25, 0.3) is 0 Å². The number of aromatic hydroxyl groups is 1. The molecule has 3 heterocycles. The maximum Gasteiger partial charge on any atom is 0.275 e. The van der Waals surface area contributed by atoms with Crippen LogP contribution in [0.5, 0.6) is 5.75 Å². The number of halogens is 1. The van der Waals surface area contributed by atoms with Crippen LogP contribution in [0.3, 0.4) is 0 Å². The molecule has 3 atom stereocenters. The molecule has 29 heavy (non-hydrogen) atoms. The Morgan fingerprint density at radius 1 is 1.28 bits per heavy atom. The molecule has 2 bridgehead atoms. The predicted molar refractivity (Wildman–Crippen MR) is 106 cm³/mol. The van der Waals surface area contributed by atoms with Gasteiger partial charge in [-0.3, -0.25) is 14.4 Å². The van der Waals surface area contributed by atoms with Crippen molar-refractivity contribution >= 4 is 23.4 Å². The molecule has 1 aliphatic carbocycles. The number of rotatable bonds is 3. The molecule has 1 saturated heterocycles. The molecule has 1 aromatic heterocycles. The number of nitrogens with one attached hydrogen (secondary N) is 1. The fraction of sp³-hybridized carbons (Fsp3) is 0.381. The van der Waals surface area contributed by atoms with Gasteiger partial charge < -0.3 is 19.9 Å². The van der Waals surface area contributed by atoms with Gasteiger partial charge in [0.1, 0.15) is 5.56 Å². The number of benzene rings is 1. The first-order valence-corrected chi connectivity index (χ1v) is 10.1. The normalized spacial score (nSPS) is 24.4. The van der Waals surface area contributed by atoms with Crippen molar-refractivity contribution in [3.8, 4) is 5.75 Å². The first-order chi connectivity index (χ1) is 13.9. The van der Waals surface area contributed by atoms with E-state index in [0.29, 0.717) is 17.5 Å². The quantitative estimate of drug-likeness (QED) is 0.806. The van der Waals surface area contributed by atoms with Crippen molar-refractivity contribution in [1.82, 2.24) is 14.8 Å². The number of aromatic nitrogens is 1. The number of carbonyl (C=O) groups excluding carboxylic acids is 2. The average molecular weight is 414 g/mol. The molecule has 2 amide bonds. The number of fused-ring (bicyclic) bond motifs is 6. The van der Waals surface area contributed by atoms with Gasteiger partial charge in [0.05, 0.1) is 6.04 Å². The lowest BCUT2D eigenvalue weighted by molar-refractivity contribution is 0.0482. The SMILES string of the molecule is O=C(NCc1cccc(Cl)c1)c1cn2c(c(O)c1=O)C(=O)N1[C@@H]3CC[C@@H](C3)[C@@H]1C2. The number of nitrogens with zero attached hydrogens (tertiary/aromatic N) is 2. The Morgan fingerprint density at radius 3 is 2.90 bits per heavy atom. The summed E-state index contributed by atoms with van der Waals surface area (Å²) in [7, 11) is 0. The number of pyridine rings is 1. The third kappa shape index (κ3) is 2.83. The van der Waals surface area contributed by atoms with Gasteiger partial charge in [-0.15, -0.1) is 0 Å². The van der Waals surface area contributed by atoms with Crippen molar-refractivity contribution in [2.45, 2.75) is 44.4 Å². The molecule has 7 nitrogen and oxygen atoms in total. The standard InChI is InChI=1S/C21H20ClN3O4/c22-13-3-1-2-11(6-13)8-23-20(28)15-9-24-10-16-12-4-5-14(7-12)25(16)21(29)17(24)19(27)18(15)26/h1-3,6,9,12,14,16,27H,4-5,7-8,10H2,(H,23,28)/t12-,14+,16-/m0/s1. The van der Waals surface area contributed by atoms with Crippen molar-refractivity contribution < 1.29 is 14.7 Å². The second kappa shape index (κ2) is 6.62. The number of piperidine rings is 1. The zero-order valence-electron chi connectivity index (χ0n) is 15.6. The molecule has 3 aliphatic rings. The van der Waals surface area contributed by atoms with Gasteiger partial charge in [0.15, 0.2) is 11.4 Å². The van der Waals surface area contributed by atoms with E-state index in [1.165, 1.54) is 6.20 Å². The zero-order chi connectivity index (χ0) is 20.3. The number of amides is 2. The Balaban J connectivity index is 1.45. The molecule has 2 N–H and O–H groups in total. The van der Waals surface area contributed by atoms with E-state index in [-0.39, 0.29) is 35.8 Å². The van der Waals surface area contributed by atoms with Gasteiger partial charge in [-0.2, -0.15) is 0 Å². The second-order valence-corrected chi connectivity index (χ2v) is 8.48. The van der Waals surface area contributed by atoms with Crippen molar-refractivity contribution in [3.63, 3.8) is 0 Å². The maximum atomic E-state index is 13.0. The van der Waals surface area contributed by atoms with E-state index in [1.807, 2.05) is 11.0 Å². The summed E-state index contributed by atoms with van der Waals surface area (Å²) < 4.78 is 1.58. The van der Waals surface area contributed by atoms with Crippen LogP contribution >= 0.6 is 11.6 Å². The highest BCUT2D eigenvalue weighted by Gasteiger charge is 2.51. The summed E-state index contributed by atoms with van der Waals surface area (Å²) in [5.41, 5.74) is -0.209. The van der Waals surface area contributed by atoms with Crippen LogP contribution in [0.1, 0.15) is 45.7 Å². The Bertz CT molecular complexity index is 1100. The van der Waals surface area contributed by atoms with E-state index in [9.17, 15) is 19.5 Å². The molecular weight excluding hydrogens is 394 g/mol. The summed E-state index contributed by atoms with van der Waals surface area (Å²) in [6.45, 7) is 0.686. The van der Waals surface area contributed by atoms with E-state index >= 15 is 0 Å². The minimum Gasteiger partial charge on any atom is -0.503 e. The van der Waals surface area contributed by atoms with E-state index in [1.54, 1.807) is 22.8 Å². The smallest absolute Gasteiger partial charge is 0.275 e. The summed E-state index contributed by atoms with van der Waals surface area (Å²) in [5, 5.41) is 13.7. The van der Waals surface area contributed by atoms with Crippen molar-refractivity contribution in [3.05, 3.63) is 62.5 Å². The van der Waals surface area contributed by atoms with E-state index in [0.717, 1.165) is 24.8 Å². The fourth-order valence-corrected chi connectivity index (χ4v) is 5.29. The molecule has 1 aromatic carbocycles. The molecule has 2 fully saturated rings. The summed E-state index contributed by atoms with van der Waals surface area (Å²) >= 11 is 5.95. The number of hydrogen-bond acceptors (Lipinski definition) is 4. The molecule has 0 spiro atoms. The fourth-order valence-electron chi connectivity index (χ4n) is 5.07. The van der Waals surface area contributed by atoms with Crippen LogP contribution in [0.4, 0.5) is 0 Å². The highest BCUT2D eigenvalue weighted by Crippen LogP contribution is 2.45. The zero-order valence-corrected chi connectivity index (χ0v) is 16.4. The van der Waals surface area contributed by atoms with E-state index < -0.39 is 17.1 Å². The highest BCUT2D eigenvalue weighted by atomic mass is 35.5. The summed E-state index contributed by atoms with van der Waals surface area (Å²) in [6.07, 6.45) is 4.45. The van der Waals surface area contributed by atoms with Crippen LogP contribution in [0, 0.1) is 5.92 Å². The lowest BCUT2D eigenvalue weighted by Gasteiger charge is -2.40.